The Morgan fingerprint density at radius 3 is 2.32 bits per heavy atom. The molecule has 6 nitrogen and oxygen atoms in total. The molecule has 37 heavy (non-hydrogen) atoms. The number of fused-ring (bicyclic) bond motifs is 1. The smallest absolute Gasteiger partial charge is 0.407 e. The maximum absolute atomic E-state index is 13.4. The first-order valence-corrected chi connectivity index (χ1v) is 13.8. The molecule has 0 aliphatic rings. The van der Waals surface area contributed by atoms with Gasteiger partial charge in [0.05, 0.1) is 6.61 Å². The van der Waals surface area contributed by atoms with E-state index >= 15 is 0 Å². The summed E-state index contributed by atoms with van der Waals surface area (Å²) in [6.45, 7) is 4.84. The number of nitrogens with one attached hydrogen (secondary N) is 3. The highest BCUT2D eigenvalue weighted by molar-refractivity contribution is 5.91. The number of carbonyl (C=O) groups is 2. The first kappa shape index (κ1) is 28.3. The molecule has 3 aromatic rings. The molecule has 1 heterocycles. The third-order valence-corrected chi connectivity index (χ3v) is 6.87. The normalized spacial score (nSPS) is 12.7. The summed E-state index contributed by atoms with van der Waals surface area (Å²) in [7, 11) is 0. The van der Waals surface area contributed by atoms with Crippen LogP contribution < -0.4 is 10.6 Å². The van der Waals surface area contributed by atoms with Crippen LogP contribution in [0.25, 0.3) is 10.9 Å². The van der Waals surface area contributed by atoms with Crippen molar-refractivity contribution in [3.8, 4) is 0 Å². The SMILES string of the molecule is CCCCCCCCCCOC(=O)NC(C)(Cc1c[nH]c2ccccc12)C(=O)NCCc1ccccc1. The second-order valence-electron chi connectivity index (χ2n) is 10.1. The van der Waals surface area contributed by atoms with Crippen LogP contribution in [0.2, 0.25) is 0 Å². The minimum atomic E-state index is -1.15. The van der Waals surface area contributed by atoms with Gasteiger partial charge >= 0.3 is 6.09 Å². The van der Waals surface area contributed by atoms with Crippen molar-refractivity contribution in [1.29, 1.82) is 0 Å². The van der Waals surface area contributed by atoms with Gasteiger partial charge in [-0.3, -0.25) is 4.79 Å². The fourth-order valence-corrected chi connectivity index (χ4v) is 4.66. The Labute approximate surface area is 221 Å². The van der Waals surface area contributed by atoms with Crippen LogP contribution >= 0.6 is 0 Å². The van der Waals surface area contributed by atoms with Gasteiger partial charge in [-0.1, -0.05) is 100 Å². The average Bonchev–Trinajstić information content (AvgIpc) is 3.30. The molecular formula is C31H43N3O3. The van der Waals surface area contributed by atoms with Crippen molar-refractivity contribution in [1.82, 2.24) is 15.6 Å². The van der Waals surface area contributed by atoms with E-state index in [9.17, 15) is 9.59 Å². The highest BCUT2D eigenvalue weighted by Crippen LogP contribution is 2.23. The van der Waals surface area contributed by atoms with E-state index in [-0.39, 0.29) is 5.91 Å². The predicted octanol–water partition coefficient (Wildman–Crippen LogP) is 6.69. The highest BCUT2D eigenvalue weighted by atomic mass is 16.5. The van der Waals surface area contributed by atoms with E-state index in [4.69, 9.17) is 4.74 Å². The van der Waals surface area contributed by atoms with Crippen LogP contribution in [0.4, 0.5) is 4.79 Å². The molecule has 3 N–H and O–H groups in total. The Bertz CT molecular complexity index is 1100. The number of rotatable bonds is 16. The fraction of sp³-hybridized carbons (Fsp3) is 0.484. The largest absolute Gasteiger partial charge is 0.450 e. The zero-order chi connectivity index (χ0) is 26.3. The van der Waals surface area contributed by atoms with Crippen molar-refractivity contribution in [2.45, 2.75) is 83.6 Å². The van der Waals surface area contributed by atoms with Crippen molar-refractivity contribution in [2.24, 2.45) is 0 Å². The van der Waals surface area contributed by atoms with Crippen molar-refractivity contribution < 1.29 is 14.3 Å². The van der Waals surface area contributed by atoms with Gasteiger partial charge in [0.2, 0.25) is 5.91 Å². The molecule has 0 aliphatic heterocycles. The molecule has 0 spiro atoms. The lowest BCUT2D eigenvalue weighted by atomic mass is 9.91. The summed E-state index contributed by atoms with van der Waals surface area (Å²) < 4.78 is 5.48. The quantitative estimate of drug-likeness (QED) is 0.190. The Hall–Kier alpha value is -3.28. The maximum atomic E-state index is 13.4. The Balaban J connectivity index is 1.55. The van der Waals surface area contributed by atoms with Crippen LogP contribution in [-0.2, 0) is 22.4 Å². The molecule has 0 saturated carbocycles. The van der Waals surface area contributed by atoms with E-state index in [1.807, 2.05) is 60.8 Å². The van der Waals surface area contributed by atoms with E-state index in [1.54, 1.807) is 6.92 Å². The van der Waals surface area contributed by atoms with Gasteiger partial charge in [-0.25, -0.2) is 4.79 Å². The molecule has 6 heteroatoms. The van der Waals surface area contributed by atoms with Gasteiger partial charge in [0, 0.05) is 30.1 Å². The second-order valence-corrected chi connectivity index (χ2v) is 10.1. The molecule has 1 unspecified atom stereocenters. The number of aromatic nitrogens is 1. The number of benzene rings is 2. The number of hydrogen-bond donors (Lipinski definition) is 3. The van der Waals surface area contributed by atoms with Crippen LogP contribution in [0.1, 0.15) is 76.3 Å². The van der Waals surface area contributed by atoms with Crippen LogP contribution in [0.5, 0.6) is 0 Å². The minimum Gasteiger partial charge on any atom is -0.450 e. The number of alkyl carbamates (subject to hydrolysis) is 1. The molecule has 1 atom stereocenters. The lowest BCUT2D eigenvalue weighted by Crippen LogP contribution is -2.58. The number of H-pyrrole nitrogens is 1. The maximum Gasteiger partial charge on any atom is 0.407 e. The molecule has 2 aromatic carbocycles. The van der Waals surface area contributed by atoms with E-state index < -0.39 is 11.6 Å². The highest BCUT2D eigenvalue weighted by Gasteiger charge is 2.36. The van der Waals surface area contributed by atoms with Crippen LogP contribution in [0, 0.1) is 0 Å². The monoisotopic (exact) mass is 505 g/mol. The van der Waals surface area contributed by atoms with Crippen molar-refractivity contribution in [3.05, 3.63) is 71.9 Å². The van der Waals surface area contributed by atoms with E-state index in [2.05, 4.69) is 22.5 Å². The first-order chi connectivity index (χ1) is 18.0. The van der Waals surface area contributed by atoms with E-state index in [1.165, 1.54) is 32.1 Å². The molecule has 0 fully saturated rings. The van der Waals surface area contributed by atoms with Crippen molar-refractivity contribution in [2.75, 3.05) is 13.2 Å². The third-order valence-electron chi connectivity index (χ3n) is 6.87. The van der Waals surface area contributed by atoms with Crippen LogP contribution in [0.15, 0.2) is 60.8 Å². The molecule has 1 aromatic heterocycles. The number of para-hydroxylation sites is 1. The van der Waals surface area contributed by atoms with Gasteiger partial charge in [-0.15, -0.1) is 0 Å². The van der Waals surface area contributed by atoms with Crippen molar-refractivity contribution >= 4 is 22.9 Å². The number of carbonyl (C=O) groups excluding carboxylic acids is 2. The van der Waals surface area contributed by atoms with Gasteiger partial charge < -0.3 is 20.4 Å². The van der Waals surface area contributed by atoms with E-state index in [0.717, 1.165) is 47.7 Å². The molecule has 3 rings (SSSR count). The van der Waals surface area contributed by atoms with Gasteiger partial charge in [0.25, 0.3) is 0 Å². The summed E-state index contributed by atoms with van der Waals surface area (Å²) in [5.74, 6) is -0.224. The molecular weight excluding hydrogens is 462 g/mol. The molecule has 0 bridgehead atoms. The van der Waals surface area contributed by atoms with Crippen LogP contribution in [0.3, 0.4) is 0 Å². The van der Waals surface area contributed by atoms with Gasteiger partial charge in [-0.2, -0.15) is 0 Å². The molecule has 0 radical (unpaired) electrons. The zero-order valence-electron chi connectivity index (χ0n) is 22.5. The minimum absolute atomic E-state index is 0.224. The zero-order valence-corrected chi connectivity index (χ0v) is 22.5. The summed E-state index contributed by atoms with van der Waals surface area (Å²) >= 11 is 0. The lowest BCUT2D eigenvalue weighted by molar-refractivity contribution is -0.126. The number of ether oxygens (including phenoxy) is 1. The number of amides is 2. The molecule has 2 amide bonds. The fourth-order valence-electron chi connectivity index (χ4n) is 4.66. The third kappa shape index (κ3) is 9.27. The van der Waals surface area contributed by atoms with Crippen LogP contribution in [-0.4, -0.2) is 35.7 Å². The molecule has 200 valence electrons. The Morgan fingerprint density at radius 2 is 1.57 bits per heavy atom. The summed E-state index contributed by atoms with van der Waals surface area (Å²) in [5, 5.41) is 6.95. The predicted molar refractivity (Wildman–Crippen MR) is 151 cm³/mol. The first-order valence-electron chi connectivity index (χ1n) is 13.8. The summed E-state index contributed by atoms with van der Waals surface area (Å²) in [5.41, 5.74) is 1.97. The van der Waals surface area contributed by atoms with Gasteiger partial charge in [0.1, 0.15) is 5.54 Å². The average molecular weight is 506 g/mol. The number of hydrogen-bond acceptors (Lipinski definition) is 3. The lowest BCUT2D eigenvalue weighted by Gasteiger charge is -2.29. The number of aromatic amines is 1. The summed E-state index contributed by atoms with van der Waals surface area (Å²) in [6.07, 6.45) is 11.9. The topological polar surface area (TPSA) is 83.2 Å². The second kappa shape index (κ2) is 15.1. The Morgan fingerprint density at radius 1 is 0.892 bits per heavy atom. The van der Waals surface area contributed by atoms with E-state index in [0.29, 0.717) is 19.6 Å². The Kier molecular flexibility index (Phi) is 11.5. The summed E-state index contributed by atoms with van der Waals surface area (Å²) in [6, 6.07) is 18.0. The molecule has 0 saturated heterocycles. The van der Waals surface area contributed by atoms with Gasteiger partial charge in [-0.05, 0) is 37.0 Å². The standard InChI is InChI=1S/C31H43N3O3/c1-3-4-5-6-7-8-9-15-22-37-30(36)34-31(2,23-26-24-33-28-19-14-13-18-27(26)28)29(35)32-21-20-25-16-11-10-12-17-25/h10-14,16-19,24,33H,3-9,15,20-23H2,1-2H3,(H,32,35)(H,34,36). The van der Waals surface area contributed by atoms with Gasteiger partial charge in [0.15, 0.2) is 0 Å². The number of unbranched alkanes of at least 4 members (excludes halogenated alkanes) is 7. The molecule has 0 aliphatic carbocycles. The van der Waals surface area contributed by atoms with Crippen molar-refractivity contribution in [3.63, 3.8) is 0 Å². The summed E-state index contributed by atoms with van der Waals surface area (Å²) in [4.78, 5) is 29.4.